The topological polar surface area (TPSA) is 126 Å². The quantitative estimate of drug-likeness (QED) is 0.569. The van der Waals surface area contributed by atoms with Crippen molar-refractivity contribution in [2.24, 2.45) is 12.8 Å². The van der Waals surface area contributed by atoms with E-state index in [2.05, 4.69) is 17.0 Å². The van der Waals surface area contributed by atoms with Crippen LogP contribution in [-0.4, -0.2) is 32.8 Å². The molecule has 1 unspecified atom stereocenters. The van der Waals surface area contributed by atoms with Crippen LogP contribution in [0.1, 0.15) is 43.4 Å². The summed E-state index contributed by atoms with van der Waals surface area (Å²) in [5.74, 6) is 0.623. The van der Waals surface area contributed by atoms with Gasteiger partial charge >= 0.3 is 5.69 Å². The van der Waals surface area contributed by atoms with Crippen LogP contribution in [0.4, 0.5) is 5.82 Å². The number of aryl methyl sites for hydroxylation is 1. The Labute approximate surface area is 203 Å². The number of nitrogens with zero attached hydrogens (tertiary/aromatic N) is 6. The van der Waals surface area contributed by atoms with Gasteiger partial charge in [-0.15, -0.1) is 0 Å². The molecule has 1 fully saturated rings. The molecule has 0 aliphatic carbocycles. The molecule has 3 heterocycles. The number of anilines is 1. The lowest BCUT2D eigenvalue weighted by Crippen LogP contribution is -2.44. The monoisotopic (exact) mass is 471 g/mol. The first-order valence-electron chi connectivity index (χ1n) is 11.7. The number of benzene rings is 1. The average molecular weight is 472 g/mol. The van der Waals surface area contributed by atoms with Crippen molar-refractivity contribution in [2.75, 3.05) is 18.0 Å². The molecule has 9 heteroatoms. The van der Waals surface area contributed by atoms with Crippen LogP contribution >= 0.6 is 0 Å². The largest absolute Gasteiger partial charge is 0.355 e. The predicted octanol–water partition coefficient (Wildman–Crippen LogP) is 2.19. The molecule has 9 nitrogen and oxygen atoms in total. The number of nitrogens with two attached hydrogens (primary N) is 1. The highest BCUT2D eigenvalue weighted by Gasteiger charge is 2.29. The Morgan fingerprint density at radius 1 is 1.14 bits per heavy atom. The molecular weight excluding hydrogens is 442 g/mol. The van der Waals surface area contributed by atoms with Gasteiger partial charge in [-0.1, -0.05) is 29.8 Å². The highest BCUT2D eigenvalue weighted by Crippen LogP contribution is 2.32. The molecule has 1 aromatic carbocycles. The van der Waals surface area contributed by atoms with E-state index in [1.54, 1.807) is 31.3 Å². The molecule has 0 spiro atoms. The third-order valence-electron chi connectivity index (χ3n) is 6.53. The standard InChI is InChI=1S/C26H29N7O2/c1-17(2)10-12-32-23-22(21(14-28)24(32)31-11-6-9-20(29)16-31)30(3)26(35)33(25(23)34)15-19-8-5-4-7-18(19)13-27/h4-5,7-8,10,20H,6,9,11-12,15-16,29H2,1-3H3. The number of fused-ring (bicyclic) bond motifs is 1. The van der Waals surface area contributed by atoms with Crippen molar-refractivity contribution in [3.8, 4) is 12.1 Å². The van der Waals surface area contributed by atoms with Crippen molar-refractivity contribution in [2.45, 2.75) is 45.8 Å². The van der Waals surface area contributed by atoms with Crippen LogP contribution in [-0.2, 0) is 20.1 Å². The first kappa shape index (κ1) is 24.1. The minimum absolute atomic E-state index is 0.0341. The van der Waals surface area contributed by atoms with E-state index in [0.29, 0.717) is 53.2 Å². The van der Waals surface area contributed by atoms with Gasteiger partial charge in [0.2, 0.25) is 0 Å². The molecule has 35 heavy (non-hydrogen) atoms. The molecular formula is C26H29N7O2. The Balaban J connectivity index is 2.05. The van der Waals surface area contributed by atoms with Crippen LogP contribution in [0, 0.1) is 22.7 Å². The van der Waals surface area contributed by atoms with E-state index < -0.39 is 11.2 Å². The van der Waals surface area contributed by atoms with Crippen molar-refractivity contribution in [3.63, 3.8) is 0 Å². The highest BCUT2D eigenvalue weighted by atomic mass is 16.2. The Morgan fingerprint density at radius 2 is 1.89 bits per heavy atom. The highest BCUT2D eigenvalue weighted by molar-refractivity contribution is 5.90. The van der Waals surface area contributed by atoms with E-state index in [0.717, 1.165) is 23.0 Å². The molecule has 0 amide bonds. The fraction of sp³-hybridized carbons (Fsp3) is 0.385. The number of hydrogen-bond acceptors (Lipinski definition) is 6. The minimum Gasteiger partial charge on any atom is -0.355 e. The van der Waals surface area contributed by atoms with Crippen LogP contribution in [0.3, 0.4) is 0 Å². The first-order chi connectivity index (χ1) is 16.8. The Kier molecular flexibility index (Phi) is 6.63. The second kappa shape index (κ2) is 9.65. The zero-order chi connectivity index (χ0) is 25.3. The summed E-state index contributed by atoms with van der Waals surface area (Å²) in [5.41, 5.74) is 8.21. The van der Waals surface area contributed by atoms with E-state index in [-0.39, 0.29) is 12.6 Å². The van der Waals surface area contributed by atoms with Gasteiger partial charge in [0, 0.05) is 32.7 Å². The van der Waals surface area contributed by atoms with Crippen molar-refractivity contribution in [1.29, 1.82) is 10.5 Å². The number of hydrogen-bond donors (Lipinski definition) is 1. The molecule has 1 aliphatic rings. The molecule has 0 saturated carbocycles. The van der Waals surface area contributed by atoms with E-state index in [9.17, 15) is 20.1 Å². The molecule has 180 valence electrons. The van der Waals surface area contributed by atoms with Crippen molar-refractivity contribution in [3.05, 3.63) is 73.4 Å². The smallest absolute Gasteiger partial charge is 0.331 e. The number of aromatic nitrogens is 3. The van der Waals surface area contributed by atoms with E-state index >= 15 is 0 Å². The molecule has 2 aromatic heterocycles. The van der Waals surface area contributed by atoms with Gasteiger partial charge in [0.1, 0.15) is 23.0 Å². The molecule has 0 radical (unpaired) electrons. The summed E-state index contributed by atoms with van der Waals surface area (Å²) in [6.07, 6.45) is 3.77. The van der Waals surface area contributed by atoms with Crippen LogP contribution in [0.2, 0.25) is 0 Å². The van der Waals surface area contributed by atoms with Gasteiger partial charge in [0.15, 0.2) is 0 Å². The zero-order valence-electron chi connectivity index (χ0n) is 20.3. The molecule has 3 aromatic rings. The molecule has 1 aliphatic heterocycles. The second-order valence-electron chi connectivity index (χ2n) is 9.25. The van der Waals surface area contributed by atoms with E-state index in [4.69, 9.17) is 5.73 Å². The summed E-state index contributed by atoms with van der Waals surface area (Å²) >= 11 is 0. The molecule has 1 saturated heterocycles. The summed E-state index contributed by atoms with van der Waals surface area (Å²) in [6, 6.07) is 11.3. The normalized spacial score (nSPS) is 15.6. The first-order valence-corrected chi connectivity index (χ1v) is 11.7. The average Bonchev–Trinajstić information content (AvgIpc) is 3.18. The van der Waals surface area contributed by atoms with Crippen LogP contribution in [0.25, 0.3) is 11.0 Å². The summed E-state index contributed by atoms with van der Waals surface area (Å²) in [4.78, 5) is 29.3. The van der Waals surface area contributed by atoms with E-state index in [1.165, 1.54) is 4.57 Å². The van der Waals surface area contributed by atoms with Gasteiger partial charge < -0.3 is 15.2 Å². The lowest BCUT2D eigenvalue weighted by Gasteiger charge is -2.33. The molecule has 1 atom stereocenters. The fourth-order valence-corrected chi connectivity index (χ4v) is 4.79. The molecule has 0 bridgehead atoms. The zero-order valence-corrected chi connectivity index (χ0v) is 20.3. The lowest BCUT2D eigenvalue weighted by atomic mass is 10.1. The summed E-state index contributed by atoms with van der Waals surface area (Å²) < 4.78 is 4.36. The maximum atomic E-state index is 13.9. The van der Waals surface area contributed by atoms with Gasteiger partial charge in [-0.25, -0.2) is 4.79 Å². The number of rotatable bonds is 5. The Bertz CT molecular complexity index is 1520. The molecule has 2 N–H and O–H groups in total. The van der Waals surface area contributed by atoms with Crippen LogP contribution in [0.5, 0.6) is 0 Å². The third kappa shape index (κ3) is 4.27. The van der Waals surface area contributed by atoms with Gasteiger partial charge in [0.25, 0.3) is 5.56 Å². The summed E-state index contributed by atoms with van der Waals surface area (Å²) in [7, 11) is 1.58. The number of allylic oxidation sites excluding steroid dienone is 2. The van der Waals surface area contributed by atoms with Crippen molar-refractivity contribution in [1.82, 2.24) is 13.7 Å². The summed E-state index contributed by atoms with van der Waals surface area (Å²) in [5, 5.41) is 19.7. The van der Waals surface area contributed by atoms with Crippen molar-refractivity contribution >= 4 is 16.9 Å². The minimum atomic E-state index is -0.534. The van der Waals surface area contributed by atoms with Crippen LogP contribution < -0.4 is 21.9 Å². The van der Waals surface area contributed by atoms with Gasteiger partial charge in [-0.3, -0.25) is 13.9 Å². The van der Waals surface area contributed by atoms with Crippen LogP contribution in [0.15, 0.2) is 45.5 Å². The fourth-order valence-electron chi connectivity index (χ4n) is 4.79. The third-order valence-corrected chi connectivity index (χ3v) is 6.53. The van der Waals surface area contributed by atoms with Gasteiger partial charge in [-0.05, 0) is 38.3 Å². The maximum Gasteiger partial charge on any atom is 0.331 e. The lowest BCUT2D eigenvalue weighted by molar-refractivity contribution is 0.498. The number of piperidine rings is 1. The second-order valence-corrected chi connectivity index (χ2v) is 9.25. The number of nitriles is 2. The molecule has 4 rings (SSSR count). The Hall–Kier alpha value is -4.08. The maximum absolute atomic E-state index is 13.9. The predicted molar refractivity (Wildman–Crippen MR) is 135 cm³/mol. The van der Waals surface area contributed by atoms with Gasteiger partial charge in [0.05, 0.1) is 23.7 Å². The van der Waals surface area contributed by atoms with Gasteiger partial charge in [-0.2, -0.15) is 10.5 Å². The van der Waals surface area contributed by atoms with E-state index in [1.807, 2.05) is 24.5 Å². The van der Waals surface area contributed by atoms with Crippen molar-refractivity contribution < 1.29 is 0 Å². The summed E-state index contributed by atoms with van der Waals surface area (Å²) in [6.45, 7) is 5.57. The Morgan fingerprint density at radius 3 is 2.54 bits per heavy atom. The SMILES string of the molecule is CC(C)=CCn1c(N2CCCC(N)C2)c(C#N)c2c1c(=O)n(Cc1ccccc1C#N)c(=O)n2C.